The maximum atomic E-state index is 11.9. The zero-order valence-corrected chi connectivity index (χ0v) is 11.1. The Morgan fingerprint density at radius 1 is 1.50 bits per heavy atom. The number of urea groups is 1. The lowest BCUT2D eigenvalue weighted by atomic mass is 9.93. The van der Waals surface area contributed by atoms with Gasteiger partial charge in [-0.2, -0.15) is 0 Å². The molecule has 1 saturated heterocycles. The summed E-state index contributed by atoms with van der Waals surface area (Å²) >= 11 is 0. The van der Waals surface area contributed by atoms with Crippen LogP contribution in [0, 0.1) is 5.92 Å². The molecule has 2 atom stereocenters. The summed E-state index contributed by atoms with van der Waals surface area (Å²) in [5, 5.41) is 11.9. The molecule has 0 saturated carbocycles. The number of carbonyl (C=O) groups is 2. The zero-order valence-electron chi connectivity index (χ0n) is 11.1. The summed E-state index contributed by atoms with van der Waals surface area (Å²) in [5.41, 5.74) is 0. The van der Waals surface area contributed by atoms with Gasteiger partial charge in [0.1, 0.15) is 6.04 Å². The van der Waals surface area contributed by atoms with Gasteiger partial charge in [-0.3, -0.25) is 0 Å². The van der Waals surface area contributed by atoms with Gasteiger partial charge in [0.25, 0.3) is 0 Å². The monoisotopic (exact) mass is 254 g/mol. The molecule has 5 nitrogen and oxygen atoms in total. The number of carbonyl (C=O) groups excluding carboxylic acids is 1. The minimum absolute atomic E-state index is 0.265. The Balaban J connectivity index is 2.51. The Kier molecular flexibility index (Phi) is 5.68. The third kappa shape index (κ3) is 4.05. The minimum atomic E-state index is -0.912. The van der Waals surface area contributed by atoms with Crippen molar-refractivity contribution in [1.82, 2.24) is 10.2 Å². The van der Waals surface area contributed by atoms with Crippen LogP contribution in [0.4, 0.5) is 4.79 Å². The Hall–Kier alpha value is -1.52. The van der Waals surface area contributed by atoms with Gasteiger partial charge in [0, 0.05) is 13.1 Å². The fraction of sp³-hybridized carbons (Fsp3) is 0.692. The van der Waals surface area contributed by atoms with Gasteiger partial charge < -0.3 is 15.3 Å². The molecular weight excluding hydrogens is 232 g/mol. The molecule has 0 bridgehead atoms. The van der Waals surface area contributed by atoms with E-state index in [4.69, 9.17) is 5.11 Å². The van der Waals surface area contributed by atoms with E-state index >= 15 is 0 Å². The van der Waals surface area contributed by atoms with Crippen LogP contribution in [0.3, 0.4) is 0 Å². The van der Waals surface area contributed by atoms with Crippen LogP contribution in [-0.2, 0) is 4.79 Å². The molecule has 1 fully saturated rings. The molecule has 0 radical (unpaired) electrons. The predicted octanol–water partition coefficient (Wildman–Crippen LogP) is 1.85. The maximum Gasteiger partial charge on any atom is 0.326 e. The van der Waals surface area contributed by atoms with Crippen LogP contribution < -0.4 is 5.32 Å². The van der Waals surface area contributed by atoms with Crippen molar-refractivity contribution in [2.75, 3.05) is 13.1 Å². The highest BCUT2D eigenvalue weighted by molar-refractivity contribution is 5.82. The fourth-order valence-corrected chi connectivity index (χ4v) is 2.15. The summed E-state index contributed by atoms with van der Waals surface area (Å²) in [5.74, 6) is -0.552. The highest BCUT2D eigenvalue weighted by Crippen LogP contribution is 2.22. The first-order valence-electron chi connectivity index (χ1n) is 6.44. The highest BCUT2D eigenvalue weighted by atomic mass is 16.4. The van der Waals surface area contributed by atoms with Crippen molar-refractivity contribution >= 4 is 12.0 Å². The normalized spacial score (nSPS) is 24.2. The van der Waals surface area contributed by atoms with E-state index in [-0.39, 0.29) is 6.03 Å². The molecule has 102 valence electrons. The van der Waals surface area contributed by atoms with Crippen molar-refractivity contribution in [3.05, 3.63) is 12.2 Å². The number of likely N-dealkylation sites (tertiary alicyclic amines) is 1. The van der Waals surface area contributed by atoms with Crippen LogP contribution in [0.15, 0.2) is 12.2 Å². The highest BCUT2D eigenvalue weighted by Gasteiger charge is 2.34. The van der Waals surface area contributed by atoms with Crippen molar-refractivity contribution in [2.24, 2.45) is 5.92 Å². The number of allylic oxidation sites excluding steroid dienone is 1. The van der Waals surface area contributed by atoms with E-state index in [1.54, 1.807) is 0 Å². The number of hydrogen-bond donors (Lipinski definition) is 2. The smallest absolute Gasteiger partial charge is 0.326 e. The third-order valence-corrected chi connectivity index (χ3v) is 3.23. The van der Waals surface area contributed by atoms with Crippen molar-refractivity contribution < 1.29 is 14.7 Å². The molecule has 2 amide bonds. The van der Waals surface area contributed by atoms with E-state index in [1.165, 1.54) is 4.90 Å². The lowest BCUT2D eigenvalue weighted by molar-refractivity contribution is -0.143. The molecule has 18 heavy (non-hydrogen) atoms. The van der Waals surface area contributed by atoms with E-state index in [0.29, 0.717) is 25.4 Å². The molecule has 0 spiro atoms. The first-order chi connectivity index (χ1) is 8.56. The number of carboxylic acid groups (broad SMARTS) is 1. The average Bonchev–Trinajstić information content (AvgIpc) is 2.34. The van der Waals surface area contributed by atoms with E-state index in [2.05, 4.69) is 5.32 Å². The van der Waals surface area contributed by atoms with Crippen LogP contribution in [-0.4, -0.2) is 41.1 Å². The summed E-state index contributed by atoms with van der Waals surface area (Å²) in [6.07, 6.45) is 6.07. The maximum absolute atomic E-state index is 11.9. The Labute approximate surface area is 108 Å². The van der Waals surface area contributed by atoms with Gasteiger partial charge in [-0.25, -0.2) is 9.59 Å². The van der Waals surface area contributed by atoms with E-state index < -0.39 is 12.0 Å². The molecule has 0 aromatic heterocycles. The molecule has 0 aromatic rings. The molecule has 1 aliphatic rings. The molecule has 1 heterocycles. The molecule has 0 aromatic carbocycles. The largest absolute Gasteiger partial charge is 0.480 e. The molecule has 1 rings (SSSR count). The quantitative estimate of drug-likeness (QED) is 0.594. The molecule has 5 heteroatoms. The standard InChI is InChI=1S/C13H22N2O3/c1-3-4-5-7-14-13(18)15-8-6-10(2)9-11(15)12(16)17/h3-4,10-11H,5-9H2,1-2H3,(H,14,18)(H,16,17)/b4-3+. The van der Waals surface area contributed by atoms with Crippen LogP contribution in [0.1, 0.15) is 33.1 Å². The second kappa shape index (κ2) is 7.03. The van der Waals surface area contributed by atoms with Gasteiger partial charge in [0.2, 0.25) is 0 Å². The summed E-state index contributed by atoms with van der Waals surface area (Å²) in [7, 11) is 0. The van der Waals surface area contributed by atoms with Crippen LogP contribution >= 0.6 is 0 Å². The van der Waals surface area contributed by atoms with Gasteiger partial charge in [-0.1, -0.05) is 19.1 Å². The first-order valence-corrected chi connectivity index (χ1v) is 6.44. The summed E-state index contributed by atoms with van der Waals surface area (Å²) in [6.45, 7) is 5.01. The second-order valence-electron chi connectivity index (χ2n) is 4.77. The van der Waals surface area contributed by atoms with Crippen molar-refractivity contribution in [1.29, 1.82) is 0 Å². The lowest BCUT2D eigenvalue weighted by Gasteiger charge is -2.35. The number of piperidine rings is 1. The summed E-state index contributed by atoms with van der Waals surface area (Å²) in [6, 6.07) is -0.950. The summed E-state index contributed by atoms with van der Waals surface area (Å²) in [4.78, 5) is 24.5. The first kappa shape index (κ1) is 14.5. The van der Waals surface area contributed by atoms with Gasteiger partial charge in [-0.05, 0) is 32.1 Å². The van der Waals surface area contributed by atoms with Crippen molar-refractivity contribution in [3.8, 4) is 0 Å². The topological polar surface area (TPSA) is 69.6 Å². The summed E-state index contributed by atoms with van der Waals surface area (Å²) < 4.78 is 0. The fourth-order valence-electron chi connectivity index (χ4n) is 2.15. The van der Waals surface area contributed by atoms with Gasteiger partial charge in [0.15, 0.2) is 0 Å². The average molecular weight is 254 g/mol. The van der Waals surface area contributed by atoms with Gasteiger partial charge >= 0.3 is 12.0 Å². The molecule has 2 N–H and O–H groups in total. The van der Waals surface area contributed by atoms with E-state index in [9.17, 15) is 9.59 Å². The Bertz CT molecular complexity index is 328. The molecule has 0 aliphatic carbocycles. The van der Waals surface area contributed by atoms with Gasteiger partial charge in [-0.15, -0.1) is 0 Å². The van der Waals surface area contributed by atoms with E-state index in [1.807, 2.05) is 26.0 Å². The molecule has 2 unspecified atom stereocenters. The Morgan fingerprint density at radius 2 is 2.22 bits per heavy atom. The third-order valence-electron chi connectivity index (χ3n) is 3.23. The van der Waals surface area contributed by atoms with Crippen molar-refractivity contribution in [3.63, 3.8) is 0 Å². The number of aliphatic carboxylic acids is 1. The SMILES string of the molecule is C/C=C/CCNC(=O)N1CCC(C)CC1C(=O)O. The zero-order chi connectivity index (χ0) is 13.5. The molecule has 1 aliphatic heterocycles. The number of nitrogens with zero attached hydrogens (tertiary/aromatic N) is 1. The van der Waals surface area contributed by atoms with Crippen molar-refractivity contribution in [2.45, 2.75) is 39.2 Å². The number of amides is 2. The van der Waals surface area contributed by atoms with Crippen LogP contribution in [0.25, 0.3) is 0 Å². The second-order valence-corrected chi connectivity index (χ2v) is 4.77. The predicted molar refractivity (Wildman–Crippen MR) is 69.4 cm³/mol. The number of carboxylic acids is 1. The van der Waals surface area contributed by atoms with E-state index in [0.717, 1.165) is 12.8 Å². The molecular formula is C13H22N2O3. The number of rotatable bonds is 4. The number of hydrogen-bond acceptors (Lipinski definition) is 2. The number of nitrogens with one attached hydrogen (secondary N) is 1. The van der Waals surface area contributed by atoms with Crippen LogP contribution in [0.5, 0.6) is 0 Å². The Morgan fingerprint density at radius 3 is 2.83 bits per heavy atom. The minimum Gasteiger partial charge on any atom is -0.480 e. The lowest BCUT2D eigenvalue weighted by Crippen LogP contribution is -2.53. The van der Waals surface area contributed by atoms with Crippen LogP contribution in [0.2, 0.25) is 0 Å². The van der Waals surface area contributed by atoms with Gasteiger partial charge in [0.05, 0.1) is 0 Å².